The third-order valence-electron chi connectivity index (χ3n) is 2.29. The van der Waals surface area contributed by atoms with E-state index in [4.69, 9.17) is 10.2 Å². The number of carboxylic acid groups (broad SMARTS) is 1. The average Bonchev–Trinajstić information content (AvgIpc) is 2.69. The average molecular weight is 217 g/mol. The number of benzene rings is 1. The Balaban J connectivity index is 2.45. The van der Waals surface area contributed by atoms with Crippen LogP contribution in [0.1, 0.15) is 16.1 Å². The molecule has 0 spiro atoms. The zero-order valence-electron chi connectivity index (χ0n) is 8.47. The number of hydrogen-bond donors (Lipinski definition) is 3. The second-order valence-corrected chi connectivity index (χ2v) is 3.42. The highest BCUT2D eigenvalue weighted by atomic mass is 16.4. The summed E-state index contributed by atoms with van der Waals surface area (Å²) < 4.78 is 0. The normalized spacial score (nSPS) is 11.3. The van der Waals surface area contributed by atoms with Gasteiger partial charge in [0.15, 0.2) is 0 Å². The minimum atomic E-state index is -0.969. The van der Waals surface area contributed by atoms with Gasteiger partial charge in [-0.2, -0.15) is 0 Å². The molecule has 0 aliphatic heterocycles. The lowest BCUT2D eigenvalue weighted by molar-refractivity contribution is 0.0691. The van der Waals surface area contributed by atoms with Gasteiger partial charge in [0.05, 0.1) is 6.61 Å². The fraction of sp³-hybridized carbons (Fsp3) is 0.0833. The lowest BCUT2D eigenvalue weighted by Gasteiger charge is -1.93. The molecule has 2 aromatic rings. The quantitative estimate of drug-likeness (QED) is 0.734. The first-order valence-electron chi connectivity index (χ1n) is 4.84. The van der Waals surface area contributed by atoms with Crippen molar-refractivity contribution in [2.24, 2.45) is 0 Å². The number of aliphatic hydroxyl groups is 1. The Morgan fingerprint density at radius 2 is 2.19 bits per heavy atom. The highest BCUT2D eigenvalue weighted by molar-refractivity contribution is 5.94. The summed E-state index contributed by atoms with van der Waals surface area (Å²) in [6.45, 7) is -0.00838. The van der Waals surface area contributed by atoms with E-state index in [1.54, 1.807) is 18.2 Å². The van der Waals surface area contributed by atoms with Gasteiger partial charge < -0.3 is 15.2 Å². The van der Waals surface area contributed by atoms with Crippen molar-refractivity contribution < 1.29 is 15.0 Å². The lowest BCUT2D eigenvalue weighted by Crippen LogP contribution is -1.94. The monoisotopic (exact) mass is 217 g/mol. The first-order chi connectivity index (χ1) is 7.70. The Kier molecular flexibility index (Phi) is 2.74. The largest absolute Gasteiger partial charge is 0.477 e. The summed E-state index contributed by atoms with van der Waals surface area (Å²) in [7, 11) is 0. The molecule has 0 saturated heterocycles. The molecule has 1 aromatic heterocycles. The van der Waals surface area contributed by atoms with Gasteiger partial charge in [-0.05, 0) is 23.8 Å². The molecule has 1 heterocycles. The van der Waals surface area contributed by atoms with Crippen LogP contribution in [0.15, 0.2) is 30.3 Å². The number of aliphatic hydroxyl groups excluding tert-OH is 1. The molecule has 4 nitrogen and oxygen atoms in total. The number of aromatic nitrogens is 1. The predicted octanol–water partition coefficient (Wildman–Crippen LogP) is 1.87. The first kappa shape index (κ1) is 10.4. The molecule has 0 fully saturated rings. The first-order valence-corrected chi connectivity index (χ1v) is 4.84. The van der Waals surface area contributed by atoms with E-state index in [2.05, 4.69) is 4.98 Å². The van der Waals surface area contributed by atoms with Crippen LogP contribution in [0.2, 0.25) is 0 Å². The SMILES string of the molecule is O=C(O)c1cc2cc(C=CCO)ccc2[nH]1. The maximum Gasteiger partial charge on any atom is 0.352 e. The summed E-state index contributed by atoms with van der Waals surface area (Å²) in [6.07, 6.45) is 3.42. The highest BCUT2D eigenvalue weighted by Gasteiger charge is 2.06. The van der Waals surface area contributed by atoms with E-state index in [0.29, 0.717) is 0 Å². The smallest absolute Gasteiger partial charge is 0.352 e. The Hall–Kier alpha value is -2.07. The standard InChI is InChI=1S/C12H11NO3/c14-5-1-2-8-3-4-10-9(6-8)7-11(13-10)12(15)16/h1-4,6-7,13-14H,5H2,(H,15,16). The van der Waals surface area contributed by atoms with Crippen LogP contribution in [0.5, 0.6) is 0 Å². The molecule has 82 valence electrons. The number of carbonyl (C=O) groups is 1. The number of H-pyrrole nitrogens is 1. The maximum absolute atomic E-state index is 10.7. The topological polar surface area (TPSA) is 73.3 Å². The van der Waals surface area contributed by atoms with Crippen molar-refractivity contribution in [2.75, 3.05) is 6.61 Å². The van der Waals surface area contributed by atoms with E-state index in [0.717, 1.165) is 16.5 Å². The molecule has 2 rings (SSSR count). The van der Waals surface area contributed by atoms with Crippen LogP contribution in [-0.4, -0.2) is 27.8 Å². The predicted molar refractivity (Wildman–Crippen MR) is 61.4 cm³/mol. The van der Waals surface area contributed by atoms with Crippen molar-refractivity contribution in [3.63, 3.8) is 0 Å². The zero-order valence-corrected chi connectivity index (χ0v) is 8.47. The molecular weight excluding hydrogens is 206 g/mol. The van der Waals surface area contributed by atoms with Gasteiger partial charge in [-0.15, -0.1) is 0 Å². The van der Waals surface area contributed by atoms with Crippen LogP contribution in [0.3, 0.4) is 0 Å². The zero-order chi connectivity index (χ0) is 11.5. The second-order valence-electron chi connectivity index (χ2n) is 3.42. The fourth-order valence-corrected chi connectivity index (χ4v) is 1.56. The minimum absolute atomic E-state index is 0.00838. The number of aromatic carboxylic acids is 1. The molecule has 0 atom stereocenters. The van der Waals surface area contributed by atoms with Crippen LogP contribution in [0.25, 0.3) is 17.0 Å². The molecule has 4 heteroatoms. The van der Waals surface area contributed by atoms with Gasteiger partial charge in [0.25, 0.3) is 0 Å². The van der Waals surface area contributed by atoms with Gasteiger partial charge in [-0.3, -0.25) is 0 Å². The van der Waals surface area contributed by atoms with Gasteiger partial charge >= 0.3 is 5.97 Å². The lowest BCUT2D eigenvalue weighted by atomic mass is 10.1. The molecule has 16 heavy (non-hydrogen) atoms. The van der Waals surface area contributed by atoms with Crippen molar-refractivity contribution in [1.82, 2.24) is 4.98 Å². The van der Waals surface area contributed by atoms with E-state index in [-0.39, 0.29) is 12.3 Å². The van der Waals surface area contributed by atoms with E-state index >= 15 is 0 Å². The second kappa shape index (κ2) is 4.20. The highest BCUT2D eigenvalue weighted by Crippen LogP contribution is 2.18. The number of aromatic amines is 1. The van der Waals surface area contributed by atoms with E-state index < -0.39 is 5.97 Å². The molecular formula is C12H11NO3. The van der Waals surface area contributed by atoms with Crippen molar-refractivity contribution in [1.29, 1.82) is 0 Å². The Morgan fingerprint density at radius 1 is 1.38 bits per heavy atom. The Bertz CT molecular complexity index is 554. The maximum atomic E-state index is 10.7. The van der Waals surface area contributed by atoms with Crippen LogP contribution in [0, 0.1) is 0 Å². The molecule has 3 N–H and O–H groups in total. The Morgan fingerprint density at radius 3 is 2.88 bits per heavy atom. The molecule has 0 radical (unpaired) electrons. The van der Waals surface area contributed by atoms with Gasteiger partial charge in [0.1, 0.15) is 5.69 Å². The summed E-state index contributed by atoms with van der Waals surface area (Å²) in [5.41, 5.74) is 1.90. The third kappa shape index (κ3) is 1.97. The van der Waals surface area contributed by atoms with Crippen molar-refractivity contribution in [3.05, 3.63) is 41.6 Å². The van der Waals surface area contributed by atoms with E-state index in [9.17, 15) is 4.79 Å². The molecule has 0 bridgehead atoms. The van der Waals surface area contributed by atoms with E-state index in [1.165, 1.54) is 0 Å². The van der Waals surface area contributed by atoms with Gasteiger partial charge in [0, 0.05) is 10.9 Å². The molecule has 0 aliphatic carbocycles. The Labute approximate surface area is 91.8 Å². The summed E-state index contributed by atoms with van der Waals surface area (Å²) in [6, 6.07) is 7.13. The molecule has 1 aromatic carbocycles. The van der Waals surface area contributed by atoms with Crippen molar-refractivity contribution in [3.8, 4) is 0 Å². The van der Waals surface area contributed by atoms with Gasteiger partial charge in [-0.1, -0.05) is 18.2 Å². The van der Waals surface area contributed by atoms with Crippen LogP contribution < -0.4 is 0 Å². The summed E-state index contributed by atoms with van der Waals surface area (Å²) in [4.78, 5) is 13.6. The van der Waals surface area contributed by atoms with Gasteiger partial charge in [0.2, 0.25) is 0 Å². The van der Waals surface area contributed by atoms with Crippen molar-refractivity contribution >= 4 is 22.9 Å². The third-order valence-corrected chi connectivity index (χ3v) is 2.29. The van der Waals surface area contributed by atoms with Crippen LogP contribution >= 0.6 is 0 Å². The van der Waals surface area contributed by atoms with Crippen LogP contribution in [-0.2, 0) is 0 Å². The fourth-order valence-electron chi connectivity index (χ4n) is 1.56. The summed E-state index contributed by atoms with van der Waals surface area (Å²) in [5, 5.41) is 18.3. The van der Waals surface area contributed by atoms with Crippen molar-refractivity contribution in [2.45, 2.75) is 0 Å². The summed E-state index contributed by atoms with van der Waals surface area (Å²) in [5.74, 6) is -0.969. The number of hydrogen-bond acceptors (Lipinski definition) is 2. The van der Waals surface area contributed by atoms with E-state index in [1.807, 2.05) is 18.2 Å². The molecule has 0 aliphatic rings. The number of carboxylic acids is 1. The summed E-state index contributed by atoms with van der Waals surface area (Å²) >= 11 is 0. The van der Waals surface area contributed by atoms with Crippen LogP contribution in [0.4, 0.5) is 0 Å². The molecule has 0 amide bonds. The molecule has 0 saturated carbocycles. The van der Waals surface area contributed by atoms with Gasteiger partial charge in [-0.25, -0.2) is 4.79 Å². The number of rotatable bonds is 3. The number of fused-ring (bicyclic) bond motifs is 1. The molecule has 0 unspecified atom stereocenters. The minimum Gasteiger partial charge on any atom is -0.477 e. The number of nitrogens with one attached hydrogen (secondary N) is 1.